The first-order valence-corrected chi connectivity index (χ1v) is 5.77. The Morgan fingerprint density at radius 3 is 3.12 bits per heavy atom. The van der Waals surface area contributed by atoms with E-state index in [1.54, 1.807) is 17.5 Å². The van der Waals surface area contributed by atoms with Gasteiger partial charge in [0.15, 0.2) is 0 Å². The summed E-state index contributed by atoms with van der Waals surface area (Å²) in [7, 11) is 0. The molecule has 0 radical (unpaired) electrons. The van der Waals surface area contributed by atoms with Gasteiger partial charge in [0.05, 0.1) is 0 Å². The van der Waals surface area contributed by atoms with Gasteiger partial charge < -0.3 is 10.7 Å². The summed E-state index contributed by atoms with van der Waals surface area (Å²) in [5.41, 5.74) is 7.56. The number of aromatic nitrogens is 3. The predicted molar refractivity (Wildman–Crippen MR) is 65.1 cm³/mol. The number of nitrogens with two attached hydrogens (primary N) is 1. The van der Waals surface area contributed by atoms with Gasteiger partial charge in [0, 0.05) is 41.0 Å². The van der Waals surface area contributed by atoms with E-state index < -0.39 is 0 Å². The lowest BCUT2D eigenvalue weighted by atomic mass is 10.2. The standard InChI is InChI=1S/C11H10N4S/c12-4-7-5-15-11(16-7)9-6-14-10-8(9)2-1-3-13-10/h1-3,5-6H,4,12H2,(H,13,14). The van der Waals surface area contributed by atoms with Crippen molar-refractivity contribution in [2.75, 3.05) is 0 Å². The molecule has 0 saturated heterocycles. The summed E-state index contributed by atoms with van der Waals surface area (Å²) in [4.78, 5) is 12.9. The van der Waals surface area contributed by atoms with Crippen LogP contribution in [0.15, 0.2) is 30.7 Å². The molecule has 3 aromatic heterocycles. The highest BCUT2D eigenvalue weighted by molar-refractivity contribution is 7.15. The number of thiazole rings is 1. The zero-order chi connectivity index (χ0) is 11.0. The summed E-state index contributed by atoms with van der Waals surface area (Å²) in [5, 5.41) is 2.08. The van der Waals surface area contributed by atoms with Gasteiger partial charge in [-0.05, 0) is 12.1 Å². The van der Waals surface area contributed by atoms with Crippen molar-refractivity contribution < 1.29 is 0 Å². The number of nitrogens with zero attached hydrogens (tertiary/aromatic N) is 2. The molecule has 3 heterocycles. The Bertz CT molecular complexity index is 625. The van der Waals surface area contributed by atoms with Crippen LogP contribution in [0.5, 0.6) is 0 Å². The molecule has 0 fully saturated rings. The third-order valence-electron chi connectivity index (χ3n) is 2.44. The van der Waals surface area contributed by atoms with Crippen LogP contribution >= 0.6 is 11.3 Å². The Balaban J connectivity index is 2.18. The summed E-state index contributed by atoms with van der Waals surface area (Å²) < 4.78 is 0. The summed E-state index contributed by atoms with van der Waals surface area (Å²) in [6.07, 6.45) is 5.54. The summed E-state index contributed by atoms with van der Waals surface area (Å²) in [6.45, 7) is 0.540. The van der Waals surface area contributed by atoms with Crippen LogP contribution < -0.4 is 5.73 Å². The largest absolute Gasteiger partial charge is 0.345 e. The monoisotopic (exact) mass is 230 g/mol. The molecule has 3 N–H and O–H groups in total. The number of aromatic amines is 1. The van der Waals surface area contributed by atoms with Crippen molar-refractivity contribution in [3.05, 3.63) is 35.6 Å². The third kappa shape index (κ3) is 1.41. The summed E-state index contributed by atoms with van der Waals surface area (Å²) in [6, 6.07) is 3.97. The molecule has 80 valence electrons. The van der Waals surface area contributed by atoms with Crippen molar-refractivity contribution in [1.29, 1.82) is 0 Å². The van der Waals surface area contributed by atoms with Crippen LogP contribution in [0.2, 0.25) is 0 Å². The molecule has 0 spiro atoms. The molecular formula is C11H10N4S. The smallest absolute Gasteiger partial charge is 0.137 e. The Kier molecular flexibility index (Phi) is 2.19. The Morgan fingerprint density at radius 1 is 1.38 bits per heavy atom. The minimum absolute atomic E-state index is 0.540. The van der Waals surface area contributed by atoms with E-state index in [-0.39, 0.29) is 0 Å². The lowest BCUT2D eigenvalue weighted by Crippen LogP contribution is -1.91. The van der Waals surface area contributed by atoms with E-state index in [2.05, 4.69) is 15.0 Å². The molecule has 0 aliphatic carbocycles. The van der Waals surface area contributed by atoms with Gasteiger partial charge in [-0.3, -0.25) is 0 Å². The van der Waals surface area contributed by atoms with Gasteiger partial charge in [-0.15, -0.1) is 11.3 Å². The molecule has 0 unspecified atom stereocenters. The number of pyridine rings is 1. The van der Waals surface area contributed by atoms with Gasteiger partial charge in [0.25, 0.3) is 0 Å². The van der Waals surface area contributed by atoms with Crippen molar-refractivity contribution in [2.45, 2.75) is 6.54 Å². The second-order valence-electron chi connectivity index (χ2n) is 3.44. The molecule has 0 atom stereocenters. The minimum atomic E-state index is 0.540. The SMILES string of the molecule is NCc1cnc(-c2c[nH]c3ncccc23)s1. The Hall–Kier alpha value is -1.72. The van der Waals surface area contributed by atoms with Gasteiger partial charge in [0.1, 0.15) is 10.7 Å². The normalized spacial score (nSPS) is 11.1. The lowest BCUT2D eigenvalue weighted by Gasteiger charge is -1.92. The van der Waals surface area contributed by atoms with Crippen molar-refractivity contribution >= 4 is 22.4 Å². The number of fused-ring (bicyclic) bond motifs is 1. The highest BCUT2D eigenvalue weighted by Gasteiger charge is 2.09. The number of rotatable bonds is 2. The van der Waals surface area contributed by atoms with E-state index in [1.165, 1.54) is 0 Å². The predicted octanol–water partition coefficient (Wildman–Crippen LogP) is 2.15. The maximum Gasteiger partial charge on any atom is 0.137 e. The van der Waals surface area contributed by atoms with Crippen LogP contribution in [0.4, 0.5) is 0 Å². The van der Waals surface area contributed by atoms with E-state index in [0.29, 0.717) is 6.54 Å². The second-order valence-corrected chi connectivity index (χ2v) is 4.55. The van der Waals surface area contributed by atoms with Crippen LogP contribution in [0.25, 0.3) is 21.6 Å². The molecule has 3 aromatic rings. The first-order valence-electron chi connectivity index (χ1n) is 4.96. The molecule has 0 aliphatic heterocycles. The van der Waals surface area contributed by atoms with E-state index in [9.17, 15) is 0 Å². The molecule has 0 bridgehead atoms. The van der Waals surface area contributed by atoms with Crippen LogP contribution in [-0.2, 0) is 6.54 Å². The molecule has 0 aromatic carbocycles. The zero-order valence-electron chi connectivity index (χ0n) is 8.47. The molecular weight excluding hydrogens is 220 g/mol. The van der Waals surface area contributed by atoms with Gasteiger partial charge in [-0.1, -0.05) is 0 Å². The number of hydrogen-bond acceptors (Lipinski definition) is 4. The van der Waals surface area contributed by atoms with E-state index >= 15 is 0 Å². The van der Waals surface area contributed by atoms with E-state index in [0.717, 1.165) is 26.5 Å². The molecule has 5 heteroatoms. The van der Waals surface area contributed by atoms with Gasteiger partial charge >= 0.3 is 0 Å². The molecule has 3 rings (SSSR count). The topological polar surface area (TPSA) is 67.6 Å². The fourth-order valence-corrected chi connectivity index (χ4v) is 2.48. The highest BCUT2D eigenvalue weighted by Crippen LogP contribution is 2.30. The fraction of sp³-hybridized carbons (Fsp3) is 0.0909. The van der Waals surface area contributed by atoms with Crippen LogP contribution in [0, 0.1) is 0 Å². The lowest BCUT2D eigenvalue weighted by molar-refractivity contribution is 1.10. The molecule has 0 saturated carbocycles. The average Bonchev–Trinajstić information content (AvgIpc) is 2.94. The van der Waals surface area contributed by atoms with Gasteiger partial charge in [-0.25, -0.2) is 9.97 Å². The fourth-order valence-electron chi connectivity index (χ4n) is 1.66. The maximum absolute atomic E-state index is 5.58. The Morgan fingerprint density at radius 2 is 2.31 bits per heavy atom. The molecule has 16 heavy (non-hydrogen) atoms. The van der Waals surface area contributed by atoms with Crippen molar-refractivity contribution in [1.82, 2.24) is 15.0 Å². The van der Waals surface area contributed by atoms with E-state index in [4.69, 9.17) is 5.73 Å². The molecule has 4 nitrogen and oxygen atoms in total. The average molecular weight is 230 g/mol. The van der Waals surface area contributed by atoms with Crippen LogP contribution in [0.1, 0.15) is 4.88 Å². The van der Waals surface area contributed by atoms with Crippen molar-refractivity contribution in [2.24, 2.45) is 5.73 Å². The van der Waals surface area contributed by atoms with Crippen LogP contribution in [0.3, 0.4) is 0 Å². The number of nitrogens with one attached hydrogen (secondary N) is 1. The van der Waals surface area contributed by atoms with Crippen molar-refractivity contribution in [3.63, 3.8) is 0 Å². The molecule has 0 amide bonds. The highest BCUT2D eigenvalue weighted by atomic mass is 32.1. The third-order valence-corrected chi connectivity index (χ3v) is 3.49. The molecule has 0 aliphatic rings. The first-order chi connectivity index (χ1) is 7.88. The van der Waals surface area contributed by atoms with Gasteiger partial charge in [-0.2, -0.15) is 0 Å². The second kappa shape index (κ2) is 3.70. The Labute approximate surface area is 96.2 Å². The van der Waals surface area contributed by atoms with Crippen molar-refractivity contribution in [3.8, 4) is 10.6 Å². The van der Waals surface area contributed by atoms with E-state index in [1.807, 2.05) is 24.5 Å². The maximum atomic E-state index is 5.58. The first kappa shape index (κ1) is 9.50. The zero-order valence-corrected chi connectivity index (χ0v) is 9.29. The quantitative estimate of drug-likeness (QED) is 0.708. The summed E-state index contributed by atoms with van der Waals surface area (Å²) >= 11 is 1.62. The van der Waals surface area contributed by atoms with Crippen LogP contribution in [-0.4, -0.2) is 15.0 Å². The number of H-pyrrole nitrogens is 1. The summed E-state index contributed by atoms with van der Waals surface area (Å²) in [5.74, 6) is 0. The van der Waals surface area contributed by atoms with Gasteiger partial charge in [0.2, 0.25) is 0 Å². The minimum Gasteiger partial charge on any atom is -0.345 e. The number of hydrogen-bond donors (Lipinski definition) is 2.